The number of thiophene rings is 1. The molecule has 0 saturated carbocycles. The Bertz CT molecular complexity index is 963. The normalized spacial score (nSPS) is 15.1. The maximum atomic E-state index is 13.0. The van der Waals surface area contributed by atoms with Gasteiger partial charge in [0.25, 0.3) is 5.56 Å². The first-order chi connectivity index (χ1) is 12.7. The van der Waals surface area contributed by atoms with E-state index in [1.807, 2.05) is 40.3 Å². The van der Waals surface area contributed by atoms with Gasteiger partial charge >= 0.3 is 0 Å². The van der Waals surface area contributed by atoms with E-state index in [4.69, 9.17) is 16.6 Å². The van der Waals surface area contributed by atoms with Gasteiger partial charge in [0, 0.05) is 23.6 Å². The van der Waals surface area contributed by atoms with Crippen molar-refractivity contribution in [1.29, 1.82) is 0 Å². The van der Waals surface area contributed by atoms with E-state index in [-0.39, 0.29) is 5.56 Å². The third-order valence-electron chi connectivity index (χ3n) is 4.85. The number of halogens is 1. The van der Waals surface area contributed by atoms with Crippen molar-refractivity contribution in [1.82, 2.24) is 9.55 Å². The van der Waals surface area contributed by atoms with Crippen LogP contribution in [0.15, 0.2) is 45.7 Å². The predicted molar refractivity (Wildman–Crippen MR) is 110 cm³/mol. The summed E-state index contributed by atoms with van der Waals surface area (Å²) in [6, 6.07) is 9.77. The number of aromatic nitrogens is 2. The van der Waals surface area contributed by atoms with Crippen molar-refractivity contribution in [2.45, 2.75) is 30.3 Å². The van der Waals surface area contributed by atoms with E-state index in [1.54, 1.807) is 16.7 Å². The van der Waals surface area contributed by atoms with Crippen LogP contribution in [0.4, 0.5) is 0 Å². The average Bonchev–Trinajstić information content (AvgIpc) is 3.32. The van der Waals surface area contributed by atoms with Crippen LogP contribution in [0.5, 0.6) is 0 Å². The highest BCUT2D eigenvalue weighted by Crippen LogP contribution is 2.26. The summed E-state index contributed by atoms with van der Waals surface area (Å²) in [6.45, 7) is 4.13. The smallest absolute Gasteiger partial charge is 0.272 e. The van der Waals surface area contributed by atoms with Gasteiger partial charge in [-0.2, -0.15) is 0 Å². The number of thioether (sulfide) groups is 1. The van der Waals surface area contributed by atoms with Crippen LogP contribution in [0.3, 0.4) is 0 Å². The van der Waals surface area contributed by atoms with Crippen molar-refractivity contribution in [2.75, 3.05) is 19.6 Å². The third kappa shape index (κ3) is 3.83. The van der Waals surface area contributed by atoms with E-state index in [1.165, 1.54) is 37.3 Å². The van der Waals surface area contributed by atoms with Gasteiger partial charge in [-0.25, -0.2) is 4.98 Å². The molecule has 1 fully saturated rings. The average molecular weight is 407 g/mol. The highest BCUT2D eigenvalue weighted by molar-refractivity contribution is 7.98. The van der Waals surface area contributed by atoms with E-state index in [2.05, 4.69) is 0 Å². The van der Waals surface area contributed by atoms with Crippen molar-refractivity contribution < 1.29 is 4.90 Å². The lowest BCUT2D eigenvalue weighted by molar-refractivity contribution is -0.888. The summed E-state index contributed by atoms with van der Waals surface area (Å²) in [5, 5.41) is 3.49. The van der Waals surface area contributed by atoms with Gasteiger partial charge in [0.15, 0.2) is 5.16 Å². The predicted octanol–water partition coefficient (Wildman–Crippen LogP) is 3.08. The molecule has 3 aromatic rings. The Morgan fingerprint density at radius 2 is 2.04 bits per heavy atom. The van der Waals surface area contributed by atoms with Crippen molar-refractivity contribution in [2.24, 2.45) is 0 Å². The number of benzene rings is 1. The second kappa shape index (κ2) is 8.13. The zero-order chi connectivity index (χ0) is 17.9. The van der Waals surface area contributed by atoms with E-state index in [0.29, 0.717) is 5.75 Å². The van der Waals surface area contributed by atoms with Gasteiger partial charge < -0.3 is 4.90 Å². The maximum absolute atomic E-state index is 13.0. The van der Waals surface area contributed by atoms with Gasteiger partial charge in [0.05, 0.1) is 31.7 Å². The lowest BCUT2D eigenvalue weighted by Gasteiger charge is -2.15. The monoisotopic (exact) mass is 406 g/mol. The second-order valence-electron chi connectivity index (χ2n) is 6.57. The molecule has 1 aliphatic heterocycles. The van der Waals surface area contributed by atoms with Crippen LogP contribution >= 0.6 is 34.7 Å². The molecular weight excluding hydrogens is 386 g/mol. The summed E-state index contributed by atoms with van der Waals surface area (Å²) in [5.74, 6) is 0.707. The molecule has 4 rings (SSSR count). The molecule has 0 amide bonds. The molecule has 0 bridgehead atoms. The lowest BCUT2D eigenvalue weighted by Crippen LogP contribution is -3.10. The Labute approximate surface area is 165 Å². The largest absolute Gasteiger partial charge is 0.333 e. The summed E-state index contributed by atoms with van der Waals surface area (Å²) < 4.78 is 2.62. The SMILES string of the molecule is O=c1c2sccc2nc(SCc2ccccc2Cl)n1CC[NH+]1CCCC1. The van der Waals surface area contributed by atoms with Crippen LogP contribution in [-0.2, 0) is 12.3 Å². The molecule has 4 nitrogen and oxygen atoms in total. The zero-order valence-corrected chi connectivity index (χ0v) is 16.8. The number of fused-ring (bicyclic) bond motifs is 1. The molecule has 1 aliphatic rings. The Morgan fingerprint density at radius 1 is 1.23 bits per heavy atom. The number of hydrogen-bond acceptors (Lipinski definition) is 4. The summed E-state index contributed by atoms with van der Waals surface area (Å²) in [4.78, 5) is 19.3. The zero-order valence-electron chi connectivity index (χ0n) is 14.4. The number of rotatable bonds is 6. The van der Waals surface area contributed by atoms with Crippen LogP contribution in [0.25, 0.3) is 10.2 Å². The Morgan fingerprint density at radius 3 is 2.85 bits per heavy atom. The number of nitrogens with zero attached hydrogens (tertiary/aromatic N) is 2. The summed E-state index contributed by atoms with van der Waals surface area (Å²) >= 11 is 9.35. The molecule has 7 heteroatoms. The third-order valence-corrected chi connectivity index (χ3v) is 7.13. The fraction of sp³-hybridized carbons (Fsp3) is 0.368. The van der Waals surface area contributed by atoms with Crippen LogP contribution in [0, 0.1) is 0 Å². The van der Waals surface area contributed by atoms with Gasteiger partial charge in [-0.1, -0.05) is 41.6 Å². The summed E-state index contributed by atoms with van der Waals surface area (Å²) in [5.41, 5.74) is 1.95. The van der Waals surface area contributed by atoms with Crippen molar-refractivity contribution in [3.8, 4) is 0 Å². The first-order valence-electron chi connectivity index (χ1n) is 8.90. The fourth-order valence-electron chi connectivity index (χ4n) is 3.38. The fourth-order valence-corrected chi connectivity index (χ4v) is 5.47. The van der Waals surface area contributed by atoms with Gasteiger partial charge in [-0.05, 0) is 23.1 Å². The lowest BCUT2D eigenvalue weighted by atomic mass is 10.2. The summed E-state index contributed by atoms with van der Waals surface area (Å²) in [6.07, 6.45) is 2.58. The van der Waals surface area contributed by atoms with Crippen LogP contribution in [0.2, 0.25) is 5.02 Å². The first kappa shape index (κ1) is 18.0. The van der Waals surface area contributed by atoms with Crippen LogP contribution < -0.4 is 10.5 Å². The van der Waals surface area contributed by atoms with E-state index in [9.17, 15) is 4.79 Å². The molecule has 26 heavy (non-hydrogen) atoms. The highest BCUT2D eigenvalue weighted by atomic mass is 35.5. The molecule has 3 heterocycles. The van der Waals surface area contributed by atoms with Gasteiger partial charge in [0.2, 0.25) is 0 Å². The van der Waals surface area contributed by atoms with Crippen molar-refractivity contribution in [3.05, 3.63) is 56.7 Å². The highest BCUT2D eigenvalue weighted by Gasteiger charge is 2.18. The molecule has 1 aromatic carbocycles. The molecule has 2 aromatic heterocycles. The van der Waals surface area contributed by atoms with Crippen LogP contribution in [-0.4, -0.2) is 29.2 Å². The minimum Gasteiger partial charge on any atom is -0.333 e. The van der Waals surface area contributed by atoms with Gasteiger partial charge in [0.1, 0.15) is 4.70 Å². The Kier molecular flexibility index (Phi) is 5.64. The number of hydrogen-bond donors (Lipinski definition) is 1. The molecule has 136 valence electrons. The quantitative estimate of drug-likeness (QED) is 0.505. The van der Waals surface area contributed by atoms with Crippen molar-refractivity contribution >= 4 is 44.9 Å². The molecule has 0 unspecified atom stereocenters. The molecule has 0 aliphatic carbocycles. The van der Waals surface area contributed by atoms with E-state index < -0.39 is 0 Å². The maximum Gasteiger partial charge on any atom is 0.272 e. The number of quaternary nitrogens is 1. The molecule has 1 N–H and O–H groups in total. The topological polar surface area (TPSA) is 39.3 Å². The van der Waals surface area contributed by atoms with Crippen LogP contribution in [0.1, 0.15) is 18.4 Å². The number of likely N-dealkylation sites (tertiary alicyclic amines) is 1. The molecule has 1 saturated heterocycles. The second-order valence-corrected chi connectivity index (χ2v) is 8.84. The Hall–Kier alpha value is -1.34. The summed E-state index contributed by atoms with van der Waals surface area (Å²) in [7, 11) is 0. The van der Waals surface area contributed by atoms with Crippen molar-refractivity contribution in [3.63, 3.8) is 0 Å². The minimum atomic E-state index is 0.0882. The molecule has 0 radical (unpaired) electrons. The minimum absolute atomic E-state index is 0.0882. The van der Waals surface area contributed by atoms with E-state index >= 15 is 0 Å². The molecule has 0 spiro atoms. The molecular formula is C19H21ClN3OS2+. The van der Waals surface area contributed by atoms with Gasteiger partial charge in [-0.15, -0.1) is 11.3 Å². The standard InChI is InChI=1S/C19H20ClN3OS2/c20-15-6-2-1-5-14(15)13-26-19-21-16-7-12-25-17(16)18(24)23(19)11-10-22-8-3-4-9-22/h1-2,5-7,12H,3-4,8-11,13H2/p+1. The van der Waals surface area contributed by atoms with Gasteiger partial charge in [-0.3, -0.25) is 9.36 Å². The number of nitrogens with one attached hydrogen (secondary N) is 1. The van der Waals surface area contributed by atoms with E-state index in [0.717, 1.165) is 39.0 Å². The Balaban J connectivity index is 1.61. The molecule has 0 atom stereocenters. The first-order valence-corrected chi connectivity index (χ1v) is 11.1.